The lowest BCUT2D eigenvalue weighted by molar-refractivity contribution is 0.0937. The first-order valence-electron chi connectivity index (χ1n) is 6.20. The molecule has 0 atom stereocenters. The number of anilines is 1. The minimum atomic E-state index is -0.290. The lowest BCUT2D eigenvalue weighted by Gasteiger charge is -1.95. The van der Waals surface area contributed by atoms with Crippen LogP contribution in [0.25, 0.3) is 11.5 Å². The van der Waals surface area contributed by atoms with Gasteiger partial charge < -0.3 is 15.6 Å². The van der Waals surface area contributed by atoms with Crippen molar-refractivity contribution in [3.8, 4) is 11.5 Å². The van der Waals surface area contributed by atoms with E-state index in [4.69, 9.17) is 10.3 Å². The van der Waals surface area contributed by atoms with Crippen molar-refractivity contribution in [2.24, 2.45) is 0 Å². The van der Waals surface area contributed by atoms with Crippen molar-refractivity contribution in [1.29, 1.82) is 0 Å². The van der Waals surface area contributed by atoms with Gasteiger partial charge in [0.2, 0.25) is 0 Å². The molecular weight excluding hydrogens is 264 g/mol. The van der Waals surface area contributed by atoms with E-state index in [1.165, 1.54) is 11.3 Å². The van der Waals surface area contributed by atoms with Crippen LogP contribution in [0.2, 0.25) is 0 Å². The molecule has 0 bridgehead atoms. The second kappa shape index (κ2) is 4.65. The molecule has 2 heterocycles. The topological polar surface area (TPSA) is 94.0 Å². The second-order valence-corrected chi connectivity index (χ2v) is 5.68. The maximum Gasteiger partial charge on any atom is 0.292 e. The number of nitrogen functional groups attached to an aromatic ring is 1. The zero-order valence-electron chi connectivity index (χ0n) is 10.5. The van der Waals surface area contributed by atoms with Gasteiger partial charge in [-0.05, 0) is 25.3 Å². The Labute approximate surface area is 114 Å². The summed E-state index contributed by atoms with van der Waals surface area (Å²) in [5, 5.41) is 7.15. The Kier molecular flexibility index (Phi) is 2.98. The Hall–Kier alpha value is -1.89. The van der Waals surface area contributed by atoms with Crippen LogP contribution in [-0.4, -0.2) is 22.1 Å². The minimum absolute atomic E-state index is 0.0607. The molecule has 0 saturated heterocycles. The summed E-state index contributed by atoms with van der Waals surface area (Å²) >= 11 is 1.50. The summed E-state index contributed by atoms with van der Waals surface area (Å²) in [6.07, 6.45) is 2.94. The maximum atomic E-state index is 11.8. The zero-order chi connectivity index (χ0) is 13.4. The van der Waals surface area contributed by atoms with E-state index in [-0.39, 0.29) is 17.8 Å². The van der Waals surface area contributed by atoms with Gasteiger partial charge in [-0.15, -0.1) is 11.3 Å². The molecule has 6 nitrogen and oxygen atoms in total. The number of thiophene rings is 1. The van der Waals surface area contributed by atoms with Crippen LogP contribution in [0.3, 0.4) is 0 Å². The van der Waals surface area contributed by atoms with Crippen LogP contribution in [0.15, 0.2) is 10.6 Å². The molecular formula is C12H14N4O2S. The molecule has 3 rings (SSSR count). The minimum Gasteiger partial charge on any atom is -0.390 e. The van der Waals surface area contributed by atoms with E-state index >= 15 is 0 Å². The van der Waals surface area contributed by atoms with Crippen LogP contribution >= 0.6 is 11.3 Å². The van der Waals surface area contributed by atoms with Gasteiger partial charge in [-0.2, -0.15) is 4.98 Å². The van der Waals surface area contributed by atoms with Crippen LogP contribution in [0.5, 0.6) is 0 Å². The number of nitrogens with two attached hydrogens (primary N) is 1. The second-order valence-electron chi connectivity index (χ2n) is 4.52. The number of nitrogens with zero attached hydrogens (tertiary/aromatic N) is 2. The molecule has 1 fully saturated rings. The van der Waals surface area contributed by atoms with Crippen molar-refractivity contribution in [2.75, 3.05) is 5.73 Å². The fraction of sp³-hybridized carbons (Fsp3) is 0.417. The lowest BCUT2D eigenvalue weighted by atomic mass is 10.2. The molecule has 1 amide bonds. The molecule has 1 aliphatic rings. The Bertz CT molecular complexity index is 615. The SMILES string of the molecule is CCc1cc(-c2nc(C(=O)NC3CC3)no2)c(N)s1. The standard InChI is InChI=1S/C12H14N4O2S/c1-2-7-5-8(9(13)19-7)12-15-10(16-18-12)11(17)14-6-3-4-6/h5-6H,2-4,13H2,1H3,(H,14,17). The average molecular weight is 278 g/mol. The van der Waals surface area contributed by atoms with Gasteiger partial charge in [-0.3, -0.25) is 4.79 Å². The highest BCUT2D eigenvalue weighted by atomic mass is 32.1. The summed E-state index contributed by atoms with van der Waals surface area (Å²) in [4.78, 5) is 17.0. The van der Waals surface area contributed by atoms with E-state index in [9.17, 15) is 4.79 Å². The quantitative estimate of drug-likeness (QED) is 0.889. The number of carbonyl (C=O) groups is 1. The third-order valence-corrected chi connectivity index (χ3v) is 4.04. The first kappa shape index (κ1) is 12.2. The van der Waals surface area contributed by atoms with Crippen LogP contribution < -0.4 is 11.1 Å². The number of rotatable bonds is 4. The fourth-order valence-corrected chi connectivity index (χ4v) is 2.56. The molecule has 19 heavy (non-hydrogen) atoms. The number of carbonyl (C=O) groups excluding carboxylic acids is 1. The molecule has 7 heteroatoms. The van der Waals surface area contributed by atoms with Gasteiger partial charge in [0, 0.05) is 10.9 Å². The van der Waals surface area contributed by atoms with Gasteiger partial charge in [-0.25, -0.2) is 0 Å². The number of nitrogens with one attached hydrogen (secondary N) is 1. The fourth-order valence-electron chi connectivity index (χ4n) is 1.70. The lowest BCUT2D eigenvalue weighted by Crippen LogP contribution is -2.26. The molecule has 0 aliphatic heterocycles. The third kappa shape index (κ3) is 2.46. The zero-order valence-corrected chi connectivity index (χ0v) is 11.3. The number of hydrogen-bond acceptors (Lipinski definition) is 6. The summed E-state index contributed by atoms with van der Waals surface area (Å²) in [6, 6.07) is 2.20. The average Bonchev–Trinajstić information content (AvgIpc) is 2.93. The van der Waals surface area contributed by atoms with E-state index in [0.29, 0.717) is 16.5 Å². The molecule has 1 saturated carbocycles. The van der Waals surface area contributed by atoms with Gasteiger partial charge in [0.25, 0.3) is 17.6 Å². The molecule has 3 N–H and O–H groups in total. The smallest absolute Gasteiger partial charge is 0.292 e. The highest BCUT2D eigenvalue weighted by molar-refractivity contribution is 7.16. The molecule has 0 unspecified atom stereocenters. The molecule has 0 aromatic carbocycles. The number of amides is 1. The Morgan fingerprint density at radius 2 is 2.42 bits per heavy atom. The van der Waals surface area contributed by atoms with Crippen molar-refractivity contribution in [1.82, 2.24) is 15.5 Å². The van der Waals surface area contributed by atoms with Crippen molar-refractivity contribution >= 4 is 22.2 Å². The maximum absolute atomic E-state index is 11.8. The van der Waals surface area contributed by atoms with Crippen molar-refractivity contribution in [3.05, 3.63) is 16.8 Å². The highest BCUT2D eigenvalue weighted by Crippen LogP contribution is 2.33. The highest BCUT2D eigenvalue weighted by Gasteiger charge is 2.26. The molecule has 0 radical (unpaired) electrons. The summed E-state index contributed by atoms with van der Waals surface area (Å²) < 4.78 is 5.12. The normalized spacial score (nSPS) is 14.6. The van der Waals surface area contributed by atoms with Crippen LogP contribution in [0.4, 0.5) is 5.00 Å². The Morgan fingerprint density at radius 1 is 1.63 bits per heavy atom. The van der Waals surface area contributed by atoms with E-state index < -0.39 is 0 Å². The number of aryl methyl sites for hydroxylation is 1. The first-order valence-corrected chi connectivity index (χ1v) is 7.02. The van der Waals surface area contributed by atoms with Crippen LogP contribution in [0, 0.1) is 0 Å². The van der Waals surface area contributed by atoms with Gasteiger partial charge >= 0.3 is 0 Å². The number of hydrogen-bond donors (Lipinski definition) is 2. The van der Waals surface area contributed by atoms with Gasteiger partial charge in [0.1, 0.15) is 0 Å². The summed E-state index contributed by atoms with van der Waals surface area (Å²) in [5.41, 5.74) is 6.62. The Balaban J connectivity index is 1.83. The molecule has 1 aliphatic carbocycles. The van der Waals surface area contributed by atoms with Crippen molar-refractivity contribution in [3.63, 3.8) is 0 Å². The third-order valence-electron chi connectivity index (χ3n) is 2.93. The van der Waals surface area contributed by atoms with E-state index in [1.807, 2.05) is 6.07 Å². The number of aromatic nitrogens is 2. The van der Waals surface area contributed by atoms with Crippen molar-refractivity contribution < 1.29 is 9.32 Å². The van der Waals surface area contributed by atoms with E-state index in [0.717, 1.165) is 24.1 Å². The van der Waals surface area contributed by atoms with E-state index in [1.54, 1.807) is 0 Å². The Morgan fingerprint density at radius 3 is 3.05 bits per heavy atom. The van der Waals surface area contributed by atoms with Crippen molar-refractivity contribution in [2.45, 2.75) is 32.2 Å². The predicted octanol–water partition coefficient (Wildman–Crippen LogP) is 1.83. The first-order chi connectivity index (χ1) is 9.17. The summed E-state index contributed by atoms with van der Waals surface area (Å²) in [6.45, 7) is 2.05. The monoisotopic (exact) mass is 278 g/mol. The molecule has 0 spiro atoms. The molecule has 2 aromatic rings. The van der Waals surface area contributed by atoms with Gasteiger partial charge in [-0.1, -0.05) is 12.1 Å². The predicted molar refractivity (Wildman–Crippen MR) is 71.9 cm³/mol. The molecule has 100 valence electrons. The molecule has 2 aromatic heterocycles. The summed E-state index contributed by atoms with van der Waals surface area (Å²) in [5.74, 6) is 0.0713. The summed E-state index contributed by atoms with van der Waals surface area (Å²) in [7, 11) is 0. The van der Waals surface area contributed by atoms with Crippen LogP contribution in [-0.2, 0) is 6.42 Å². The van der Waals surface area contributed by atoms with E-state index in [2.05, 4.69) is 22.4 Å². The largest absolute Gasteiger partial charge is 0.390 e. The van der Waals surface area contributed by atoms with Crippen LogP contribution in [0.1, 0.15) is 35.3 Å². The van der Waals surface area contributed by atoms with Gasteiger partial charge in [0.15, 0.2) is 0 Å². The van der Waals surface area contributed by atoms with Gasteiger partial charge in [0.05, 0.1) is 10.6 Å².